The van der Waals surface area contributed by atoms with Crippen LogP contribution >= 0.6 is 45.2 Å². The molecule has 2 nitrogen and oxygen atoms in total. The van der Waals surface area contributed by atoms with Crippen LogP contribution in [0.15, 0.2) is 35.3 Å². The van der Waals surface area contributed by atoms with Crippen LogP contribution in [-0.2, 0) is 7.05 Å². The smallest absolute Gasteiger partial charge is 0.253 e. The molecule has 1 aromatic carbocycles. The largest absolute Gasteiger partial charge is 0.318 e. The van der Waals surface area contributed by atoms with Gasteiger partial charge >= 0.3 is 0 Å². The van der Waals surface area contributed by atoms with E-state index in [1.807, 2.05) is 19.2 Å². The lowest BCUT2D eigenvalue weighted by molar-refractivity contribution is 0.850. The Morgan fingerprint density at radius 1 is 1.06 bits per heavy atom. The highest BCUT2D eigenvalue weighted by Crippen LogP contribution is 2.24. The number of aryl methyl sites for hydroxylation is 2. The van der Waals surface area contributed by atoms with Gasteiger partial charge in [-0.3, -0.25) is 4.79 Å². The van der Waals surface area contributed by atoms with Gasteiger partial charge < -0.3 is 4.57 Å². The zero-order valence-electron chi connectivity index (χ0n) is 9.50. The number of hydrogen-bond donors (Lipinski definition) is 0. The molecule has 0 radical (unpaired) electrons. The Morgan fingerprint density at radius 2 is 1.76 bits per heavy atom. The molecule has 4 heteroatoms. The fourth-order valence-corrected chi connectivity index (χ4v) is 2.56. The fourth-order valence-electron chi connectivity index (χ4n) is 1.71. The summed E-state index contributed by atoms with van der Waals surface area (Å²) < 4.78 is 4.11. The van der Waals surface area contributed by atoms with E-state index in [0.29, 0.717) is 0 Å². The Labute approximate surface area is 127 Å². The van der Waals surface area contributed by atoms with Gasteiger partial charge in [0.2, 0.25) is 0 Å². The lowest BCUT2D eigenvalue weighted by Crippen LogP contribution is -2.18. The molecule has 2 rings (SSSR count). The van der Waals surface area contributed by atoms with Crippen LogP contribution in [0.3, 0.4) is 0 Å². The molecule has 88 valence electrons. The second-order valence-corrected chi connectivity index (χ2v) is 6.28. The first kappa shape index (κ1) is 13.1. The zero-order chi connectivity index (χ0) is 12.6. The van der Waals surface area contributed by atoms with E-state index in [9.17, 15) is 4.79 Å². The highest BCUT2D eigenvalue weighted by atomic mass is 127. The summed E-state index contributed by atoms with van der Waals surface area (Å²) in [4.78, 5) is 11.6. The molecular formula is C13H11I2NO. The van der Waals surface area contributed by atoms with Gasteiger partial charge in [-0.15, -0.1) is 0 Å². The number of halogens is 2. The first-order valence-corrected chi connectivity index (χ1v) is 7.27. The van der Waals surface area contributed by atoms with Crippen molar-refractivity contribution in [2.24, 2.45) is 7.05 Å². The predicted molar refractivity (Wildman–Crippen MR) is 87.3 cm³/mol. The molecule has 0 spiro atoms. The van der Waals surface area contributed by atoms with Crippen molar-refractivity contribution in [3.63, 3.8) is 0 Å². The van der Waals surface area contributed by atoms with E-state index in [1.54, 1.807) is 11.6 Å². The van der Waals surface area contributed by atoms with Crippen molar-refractivity contribution in [3.8, 4) is 11.1 Å². The maximum Gasteiger partial charge on any atom is 0.253 e. The highest BCUT2D eigenvalue weighted by molar-refractivity contribution is 14.1. The highest BCUT2D eigenvalue weighted by Gasteiger charge is 2.05. The number of pyridine rings is 1. The third kappa shape index (κ3) is 2.73. The average Bonchev–Trinajstić information content (AvgIpc) is 2.29. The molecule has 0 unspecified atom stereocenters. The second kappa shape index (κ2) is 5.09. The van der Waals surface area contributed by atoms with E-state index in [2.05, 4.69) is 63.4 Å². The van der Waals surface area contributed by atoms with Crippen molar-refractivity contribution in [3.05, 3.63) is 53.5 Å². The first-order valence-electron chi connectivity index (χ1n) is 5.12. The monoisotopic (exact) mass is 451 g/mol. The minimum Gasteiger partial charge on any atom is -0.318 e. The lowest BCUT2D eigenvalue weighted by Gasteiger charge is -2.07. The molecule has 0 bridgehead atoms. The van der Waals surface area contributed by atoms with E-state index in [-0.39, 0.29) is 5.56 Å². The van der Waals surface area contributed by atoms with Gasteiger partial charge in [0, 0.05) is 25.9 Å². The third-order valence-electron chi connectivity index (χ3n) is 2.62. The van der Waals surface area contributed by atoms with Gasteiger partial charge in [0.1, 0.15) is 0 Å². The van der Waals surface area contributed by atoms with Gasteiger partial charge in [-0.2, -0.15) is 0 Å². The van der Waals surface area contributed by atoms with Crippen molar-refractivity contribution < 1.29 is 0 Å². The van der Waals surface area contributed by atoms with Crippen molar-refractivity contribution in [2.75, 3.05) is 0 Å². The molecule has 2 aromatic rings. The number of hydrogen-bond acceptors (Lipinski definition) is 1. The topological polar surface area (TPSA) is 22.0 Å². The van der Waals surface area contributed by atoms with Crippen LogP contribution in [-0.4, -0.2) is 4.57 Å². The van der Waals surface area contributed by atoms with Gasteiger partial charge in [0.15, 0.2) is 0 Å². The molecule has 1 aromatic heterocycles. The van der Waals surface area contributed by atoms with Crippen molar-refractivity contribution in [1.29, 1.82) is 0 Å². The Hall–Kier alpha value is -0.370. The summed E-state index contributed by atoms with van der Waals surface area (Å²) in [5.74, 6) is 0. The van der Waals surface area contributed by atoms with Gasteiger partial charge in [-0.1, -0.05) is 6.07 Å². The van der Waals surface area contributed by atoms with Gasteiger partial charge in [-0.05, 0) is 81.4 Å². The Balaban J connectivity index is 2.61. The summed E-state index contributed by atoms with van der Waals surface area (Å²) in [6.07, 6.45) is 1.88. The van der Waals surface area contributed by atoms with Gasteiger partial charge in [0.05, 0.1) is 0 Å². The van der Waals surface area contributed by atoms with Crippen LogP contribution in [0.5, 0.6) is 0 Å². The molecule has 17 heavy (non-hydrogen) atoms. The minimum absolute atomic E-state index is 0.0639. The normalized spacial score (nSPS) is 10.6. The van der Waals surface area contributed by atoms with Crippen molar-refractivity contribution in [1.82, 2.24) is 4.57 Å². The fraction of sp³-hybridized carbons (Fsp3) is 0.154. The van der Waals surface area contributed by atoms with Crippen molar-refractivity contribution in [2.45, 2.75) is 6.92 Å². The summed E-state index contributed by atoms with van der Waals surface area (Å²) in [5, 5.41) is 0. The van der Waals surface area contributed by atoms with Crippen LogP contribution in [0.1, 0.15) is 5.56 Å². The summed E-state index contributed by atoms with van der Waals surface area (Å²) in [5.41, 5.74) is 3.07. The van der Waals surface area contributed by atoms with E-state index >= 15 is 0 Å². The molecular weight excluding hydrogens is 440 g/mol. The summed E-state index contributed by atoms with van der Waals surface area (Å²) >= 11 is 4.64. The first-order chi connectivity index (χ1) is 7.99. The maximum atomic E-state index is 11.6. The quantitative estimate of drug-likeness (QED) is 0.609. The molecule has 0 aliphatic carbocycles. The number of benzene rings is 1. The number of nitrogens with zero attached hydrogens (tertiary/aromatic N) is 1. The van der Waals surface area contributed by atoms with Crippen LogP contribution < -0.4 is 5.56 Å². The van der Waals surface area contributed by atoms with E-state index in [1.165, 1.54) is 7.14 Å². The molecule has 0 N–H and O–H groups in total. The molecule has 0 saturated heterocycles. The van der Waals surface area contributed by atoms with Gasteiger partial charge in [-0.25, -0.2) is 0 Å². The molecule has 0 aliphatic rings. The van der Waals surface area contributed by atoms with E-state index < -0.39 is 0 Å². The van der Waals surface area contributed by atoms with Crippen LogP contribution in [0.4, 0.5) is 0 Å². The van der Waals surface area contributed by atoms with Crippen molar-refractivity contribution >= 4 is 45.2 Å². The number of rotatable bonds is 1. The molecule has 0 saturated carbocycles. The summed E-state index contributed by atoms with van der Waals surface area (Å²) in [6, 6.07) is 8.27. The average molecular weight is 451 g/mol. The second-order valence-electron chi connectivity index (χ2n) is 3.96. The van der Waals surface area contributed by atoms with E-state index in [4.69, 9.17) is 0 Å². The molecule has 0 amide bonds. The maximum absolute atomic E-state index is 11.6. The Kier molecular flexibility index (Phi) is 3.92. The standard InChI is InChI=1S/C13H11I2NO/c1-8-5-10(7-16(2)13(8)17)9-3-4-11(14)12(15)6-9/h3-7H,1-2H3. The minimum atomic E-state index is 0.0639. The Morgan fingerprint density at radius 3 is 2.35 bits per heavy atom. The summed E-state index contributed by atoms with van der Waals surface area (Å²) in [6.45, 7) is 1.85. The lowest BCUT2D eigenvalue weighted by atomic mass is 10.1. The van der Waals surface area contributed by atoms with E-state index in [0.717, 1.165) is 16.7 Å². The zero-order valence-corrected chi connectivity index (χ0v) is 13.8. The Bertz CT molecular complexity index is 606. The predicted octanol–water partition coefficient (Wildman–Crippen LogP) is 3.57. The third-order valence-corrected chi connectivity index (χ3v) is 5.48. The van der Waals surface area contributed by atoms with Gasteiger partial charge in [0.25, 0.3) is 5.56 Å². The van der Waals surface area contributed by atoms with Crippen LogP contribution in [0.25, 0.3) is 11.1 Å². The molecule has 0 fully saturated rings. The number of aromatic nitrogens is 1. The molecule has 1 heterocycles. The molecule has 0 aliphatic heterocycles. The molecule has 0 atom stereocenters. The van der Waals surface area contributed by atoms with Crippen LogP contribution in [0, 0.1) is 14.1 Å². The summed E-state index contributed by atoms with van der Waals surface area (Å²) in [7, 11) is 1.79. The van der Waals surface area contributed by atoms with Crippen LogP contribution in [0.2, 0.25) is 0 Å². The SMILES string of the molecule is Cc1cc(-c2ccc(I)c(I)c2)cn(C)c1=O.